The third-order valence-corrected chi connectivity index (χ3v) is 4.88. The maximum atomic E-state index is 10.2. The average molecular weight is 340 g/mol. The van der Waals surface area contributed by atoms with Crippen LogP contribution < -0.4 is 5.32 Å². The molecule has 0 aromatic carbocycles. The summed E-state index contributed by atoms with van der Waals surface area (Å²) in [6.07, 6.45) is 25.1. The van der Waals surface area contributed by atoms with Gasteiger partial charge in [0, 0.05) is 6.42 Å². The normalized spacial score (nSPS) is 11.0. The largest absolute Gasteiger partial charge is 0.317 e. The number of hydrogen-bond acceptors (Lipinski definition) is 2. The van der Waals surface area contributed by atoms with E-state index in [1.165, 1.54) is 116 Å². The zero-order valence-corrected chi connectivity index (χ0v) is 16.6. The maximum Gasteiger partial charge on any atom is 0.119 e. The lowest BCUT2D eigenvalue weighted by molar-refractivity contribution is -0.107. The van der Waals surface area contributed by atoms with Gasteiger partial charge in [-0.05, 0) is 32.4 Å². The number of hydrogen-bond donors (Lipinski definition) is 1. The molecule has 0 aromatic rings. The Kier molecular flexibility index (Phi) is 22.3. The summed E-state index contributed by atoms with van der Waals surface area (Å²) in [6, 6.07) is 0. The van der Waals surface area contributed by atoms with E-state index in [2.05, 4.69) is 12.2 Å². The van der Waals surface area contributed by atoms with Crippen LogP contribution in [0.2, 0.25) is 0 Å². The van der Waals surface area contributed by atoms with Gasteiger partial charge < -0.3 is 10.1 Å². The van der Waals surface area contributed by atoms with E-state index in [4.69, 9.17) is 0 Å². The van der Waals surface area contributed by atoms with Crippen LogP contribution in [0.25, 0.3) is 0 Å². The molecule has 0 saturated heterocycles. The van der Waals surface area contributed by atoms with Crippen molar-refractivity contribution in [3.05, 3.63) is 0 Å². The Balaban J connectivity index is 2.94. The molecule has 1 N–H and O–H groups in total. The first-order chi connectivity index (χ1) is 11.9. The molecule has 0 aromatic heterocycles. The summed E-state index contributed by atoms with van der Waals surface area (Å²) in [5.41, 5.74) is 0. The minimum absolute atomic E-state index is 0.747. The first kappa shape index (κ1) is 23.6. The van der Waals surface area contributed by atoms with Gasteiger partial charge in [-0.2, -0.15) is 0 Å². The molecule has 0 atom stereocenters. The number of nitrogens with one attached hydrogen (secondary N) is 1. The van der Waals surface area contributed by atoms with Gasteiger partial charge in [0.15, 0.2) is 0 Å². The second-order valence-corrected chi connectivity index (χ2v) is 7.36. The number of rotatable bonds is 21. The van der Waals surface area contributed by atoms with Crippen molar-refractivity contribution in [1.82, 2.24) is 5.32 Å². The molecule has 0 aliphatic heterocycles. The number of carbonyl (C=O) groups is 1. The second kappa shape index (κ2) is 22.6. The van der Waals surface area contributed by atoms with Crippen LogP contribution in [-0.2, 0) is 4.79 Å². The van der Waals surface area contributed by atoms with Gasteiger partial charge in [-0.3, -0.25) is 0 Å². The molecule has 0 fully saturated rings. The van der Waals surface area contributed by atoms with Gasteiger partial charge in [0.1, 0.15) is 6.29 Å². The Bertz CT molecular complexity index is 230. The fourth-order valence-corrected chi connectivity index (χ4v) is 3.22. The molecule has 0 aliphatic carbocycles. The Hall–Kier alpha value is -0.370. The van der Waals surface area contributed by atoms with Crippen molar-refractivity contribution < 1.29 is 4.79 Å². The fourth-order valence-electron chi connectivity index (χ4n) is 3.22. The summed E-state index contributed by atoms with van der Waals surface area (Å²) in [7, 11) is 0. The molecule has 144 valence electrons. The van der Waals surface area contributed by atoms with Crippen LogP contribution in [0.1, 0.15) is 122 Å². The molecule has 0 spiro atoms. The average Bonchev–Trinajstić information content (AvgIpc) is 2.60. The second-order valence-electron chi connectivity index (χ2n) is 7.36. The van der Waals surface area contributed by atoms with Crippen LogP contribution in [0.15, 0.2) is 0 Å². The fraction of sp³-hybridized carbons (Fsp3) is 0.955. The highest BCUT2D eigenvalue weighted by molar-refractivity contribution is 5.48. The van der Waals surface area contributed by atoms with Crippen molar-refractivity contribution in [2.75, 3.05) is 13.1 Å². The highest BCUT2D eigenvalue weighted by Crippen LogP contribution is 2.11. The van der Waals surface area contributed by atoms with Crippen LogP contribution in [0.4, 0.5) is 0 Å². The number of unbranched alkanes of at least 4 members (excludes halogenated alkanes) is 16. The Morgan fingerprint density at radius 3 is 1.33 bits per heavy atom. The molecular formula is C22H45NO. The SMILES string of the molecule is CCCCCCCCCCCCCCNCCCCCCCC=O. The molecular weight excluding hydrogens is 294 g/mol. The summed E-state index contributed by atoms with van der Waals surface area (Å²) in [5, 5.41) is 3.57. The highest BCUT2D eigenvalue weighted by Gasteiger charge is 1.94. The first-order valence-electron chi connectivity index (χ1n) is 11.1. The molecule has 0 aliphatic rings. The summed E-state index contributed by atoms with van der Waals surface area (Å²) >= 11 is 0. The molecule has 0 unspecified atom stereocenters. The van der Waals surface area contributed by atoms with E-state index in [0.717, 1.165) is 19.1 Å². The third-order valence-electron chi connectivity index (χ3n) is 4.88. The molecule has 0 heterocycles. The molecule has 0 radical (unpaired) electrons. The maximum absolute atomic E-state index is 10.2. The Labute approximate surface area is 152 Å². The zero-order valence-electron chi connectivity index (χ0n) is 16.6. The summed E-state index contributed by atoms with van der Waals surface area (Å²) in [6.45, 7) is 4.66. The quantitative estimate of drug-likeness (QED) is 0.184. The van der Waals surface area contributed by atoms with Gasteiger partial charge in [-0.15, -0.1) is 0 Å². The predicted octanol–water partition coefficient (Wildman–Crippen LogP) is 6.82. The van der Waals surface area contributed by atoms with Crippen molar-refractivity contribution in [2.45, 2.75) is 122 Å². The van der Waals surface area contributed by atoms with Crippen LogP contribution >= 0.6 is 0 Å². The summed E-state index contributed by atoms with van der Waals surface area (Å²) < 4.78 is 0. The minimum atomic E-state index is 0.747. The Morgan fingerprint density at radius 1 is 0.542 bits per heavy atom. The lowest BCUT2D eigenvalue weighted by Gasteiger charge is -2.05. The smallest absolute Gasteiger partial charge is 0.119 e. The summed E-state index contributed by atoms with van der Waals surface area (Å²) in [5.74, 6) is 0. The van der Waals surface area contributed by atoms with E-state index in [-0.39, 0.29) is 0 Å². The van der Waals surface area contributed by atoms with E-state index in [1.807, 2.05) is 0 Å². The molecule has 0 saturated carbocycles. The third kappa shape index (κ3) is 21.6. The van der Waals surface area contributed by atoms with Gasteiger partial charge in [0.2, 0.25) is 0 Å². The zero-order chi connectivity index (χ0) is 17.6. The Morgan fingerprint density at radius 2 is 0.917 bits per heavy atom. The van der Waals surface area contributed by atoms with Gasteiger partial charge in [0.05, 0.1) is 0 Å². The van der Waals surface area contributed by atoms with Crippen molar-refractivity contribution in [3.8, 4) is 0 Å². The van der Waals surface area contributed by atoms with Gasteiger partial charge in [0.25, 0.3) is 0 Å². The topological polar surface area (TPSA) is 29.1 Å². The monoisotopic (exact) mass is 339 g/mol. The van der Waals surface area contributed by atoms with Gasteiger partial charge >= 0.3 is 0 Å². The van der Waals surface area contributed by atoms with E-state index >= 15 is 0 Å². The molecule has 0 amide bonds. The van der Waals surface area contributed by atoms with Crippen molar-refractivity contribution in [2.24, 2.45) is 0 Å². The molecule has 2 nitrogen and oxygen atoms in total. The van der Waals surface area contributed by atoms with E-state index < -0.39 is 0 Å². The van der Waals surface area contributed by atoms with Crippen molar-refractivity contribution >= 4 is 6.29 Å². The number of aldehydes is 1. The van der Waals surface area contributed by atoms with Crippen LogP contribution in [-0.4, -0.2) is 19.4 Å². The standard InChI is InChI=1S/C22H45NO/c1-2-3-4-5-6-7-8-9-10-11-14-17-20-23-21-18-15-12-13-16-19-22-24/h22-23H,2-21H2,1H3. The molecule has 0 rings (SSSR count). The van der Waals surface area contributed by atoms with E-state index in [0.29, 0.717) is 0 Å². The van der Waals surface area contributed by atoms with Crippen LogP contribution in [0.3, 0.4) is 0 Å². The highest BCUT2D eigenvalue weighted by atomic mass is 16.1. The van der Waals surface area contributed by atoms with Crippen molar-refractivity contribution in [1.29, 1.82) is 0 Å². The molecule has 0 bridgehead atoms. The lowest BCUT2D eigenvalue weighted by Crippen LogP contribution is -2.16. The van der Waals surface area contributed by atoms with E-state index in [1.54, 1.807) is 0 Å². The van der Waals surface area contributed by atoms with Crippen LogP contribution in [0.5, 0.6) is 0 Å². The minimum Gasteiger partial charge on any atom is -0.317 e. The van der Waals surface area contributed by atoms with Crippen molar-refractivity contribution in [3.63, 3.8) is 0 Å². The first-order valence-corrected chi connectivity index (χ1v) is 11.1. The lowest BCUT2D eigenvalue weighted by atomic mass is 10.1. The van der Waals surface area contributed by atoms with Crippen LogP contribution in [0, 0.1) is 0 Å². The molecule has 2 heteroatoms. The van der Waals surface area contributed by atoms with Gasteiger partial charge in [-0.1, -0.05) is 96.8 Å². The van der Waals surface area contributed by atoms with Gasteiger partial charge in [-0.25, -0.2) is 0 Å². The number of carbonyl (C=O) groups excluding carboxylic acids is 1. The van der Waals surface area contributed by atoms with E-state index in [9.17, 15) is 4.79 Å². The molecule has 24 heavy (non-hydrogen) atoms. The summed E-state index contributed by atoms with van der Waals surface area (Å²) in [4.78, 5) is 10.2. The predicted molar refractivity (Wildman–Crippen MR) is 108 cm³/mol.